The molecule has 0 bridgehead atoms. The topological polar surface area (TPSA) is 61.2 Å². The summed E-state index contributed by atoms with van der Waals surface area (Å²) >= 11 is 0. The minimum absolute atomic E-state index is 0.0559. The minimum Gasteiger partial charge on any atom is -0.460 e. The van der Waals surface area contributed by atoms with Gasteiger partial charge in [0.25, 0.3) is 5.56 Å². The smallest absolute Gasteiger partial charge is 0.313 e. The second kappa shape index (κ2) is 6.73. The average molecular weight is 378 g/mol. The molecule has 146 valence electrons. The third-order valence-corrected chi connectivity index (χ3v) is 6.28. The van der Waals surface area contributed by atoms with Crippen LogP contribution in [0.5, 0.6) is 0 Å². The number of ether oxygens (including phenoxy) is 1. The first-order valence-electron chi connectivity index (χ1n) is 10.0. The van der Waals surface area contributed by atoms with E-state index in [0.29, 0.717) is 24.4 Å². The van der Waals surface area contributed by atoms with Crippen LogP contribution in [0.15, 0.2) is 10.9 Å². The van der Waals surface area contributed by atoms with Crippen molar-refractivity contribution in [2.45, 2.75) is 65.5 Å². The minimum atomic E-state index is -0.384. The van der Waals surface area contributed by atoms with Crippen LogP contribution in [0.3, 0.4) is 0 Å². The zero-order valence-electron chi connectivity index (χ0n) is 17.0. The Kier molecular flexibility index (Phi) is 4.48. The van der Waals surface area contributed by atoms with E-state index in [2.05, 4.69) is 20.4 Å². The van der Waals surface area contributed by atoms with E-state index >= 15 is 0 Å². The van der Waals surface area contributed by atoms with Gasteiger partial charge in [-0.2, -0.15) is 0 Å². The molecule has 0 fully saturated rings. The summed E-state index contributed by atoms with van der Waals surface area (Å²) in [5.41, 5.74) is 5.27. The zero-order chi connectivity index (χ0) is 20.2. The fraction of sp³-hybridized carbons (Fsp3) is 0.435. The van der Waals surface area contributed by atoms with Gasteiger partial charge in [0, 0.05) is 5.56 Å². The van der Waals surface area contributed by atoms with Crippen LogP contribution in [0.25, 0.3) is 24.0 Å². The van der Waals surface area contributed by atoms with Gasteiger partial charge in [-0.05, 0) is 48.1 Å². The van der Waals surface area contributed by atoms with Gasteiger partial charge < -0.3 is 9.30 Å². The first-order valence-corrected chi connectivity index (χ1v) is 10.0. The van der Waals surface area contributed by atoms with Crippen LogP contribution < -0.4 is 16.1 Å². The van der Waals surface area contributed by atoms with Crippen LogP contribution in [0.1, 0.15) is 74.6 Å². The normalized spacial score (nSPS) is 19.1. The maximum absolute atomic E-state index is 13.3. The third kappa shape index (κ3) is 2.49. The van der Waals surface area contributed by atoms with E-state index in [1.807, 2.05) is 26.0 Å². The molecule has 5 heteroatoms. The molecule has 4 rings (SSSR count). The number of hydrogen-bond acceptors (Lipinski definition) is 4. The molecule has 2 aliphatic rings. The lowest BCUT2D eigenvalue weighted by molar-refractivity contribution is -0.148. The zero-order valence-corrected chi connectivity index (χ0v) is 17.0. The highest BCUT2D eigenvalue weighted by molar-refractivity contribution is 5.81. The van der Waals surface area contributed by atoms with Crippen molar-refractivity contribution < 1.29 is 9.53 Å². The molecule has 0 N–H and O–H groups in total. The van der Waals surface area contributed by atoms with Gasteiger partial charge in [0.15, 0.2) is 0 Å². The fourth-order valence-electron chi connectivity index (χ4n) is 4.55. The molecule has 0 aromatic carbocycles. The van der Waals surface area contributed by atoms with Gasteiger partial charge in [0.2, 0.25) is 0 Å². The number of nitrogens with zero attached hydrogens (tertiary/aromatic N) is 2. The van der Waals surface area contributed by atoms with Crippen molar-refractivity contribution in [1.82, 2.24) is 9.55 Å². The molecular formula is C23H26N2O3. The highest BCUT2D eigenvalue weighted by Crippen LogP contribution is 2.37. The Hall–Kier alpha value is -2.69. The largest absolute Gasteiger partial charge is 0.460 e. The molecule has 28 heavy (non-hydrogen) atoms. The highest BCUT2D eigenvalue weighted by Gasteiger charge is 2.34. The number of carbonyl (C=O) groups excluding carboxylic acids is 1. The summed E-state index contributed by atoms with van der Waals surface area (Å²) in [5, 5.41) is 1.81. The third-order valence-electron chi connectivity index (χ3n) is 6.28. The predicted octanol–water partition coefficient (Wildman–Crippen LogP) is 2.55. The van der Waals surface area contributed by atoms with E-state index in [4.69, 9.17) is 9.72 Å². The summed E-state index contributed by atoms with van der Waals surface area (Å²) < 4.78 is 7.06. The number of fused-ring (bicyclic) bond motifs is 4. The number of carbonyl (C=O) groups is 1. The monoisotopic (exact) mass is 378 g/mol. The highest BCUT2D eigenvalue weighted by atomic mass is 16.5. The Labute approximate surface area is 164 Å². The molecule has 2 aliphatic heterocycles. The molecule has 0 amide bonds. The molecule has 4 heterocycles. The number of rotatable bonds is 3. The van der Waals surface area contributed by atoms with Crippen LogP contribution in [-0.4, -0.2) is 15.5 Å². The molecule has 0 radical (unpaired) electrons. The van der Waals surface area contributed by atoms with E-state index in [1.54, 1.807) is 4.57 Å². The summed E-state index contributed by atoms with van der Waals surface area (Å²) in [6.07, 6.45) is 3.57. The van der Waals surface area contributed by atoms with E-state index in [-0.39, 0.29) is 24.1 Å². The SMILES string of the molecule is C=c1c(C(C)CC)c2c(n/c1=C/C)-c1cc3c(c(=O)n1C2)COC(=O)C3CC. The van der Waals surface area contributed by atoms with Gasteiger partial charge in [-0.15, -0.1) is 0 Å². The molecular weight excluding hydrogens is 352 g/mol. The molecule has 2 atom stereocenters. The maximum atomic E-state index is 13.3. The fourth-order valence-corrected chi connectivity index (χ4v) is 4.55. The number of cyclic esters (lactones) is 1. The first kappa shape index (κ1) is 18.7. The Morgan fingerprint density at radius 1 is 1.36 bits per heavy atom. The van der Waals surface area contributed by atoms with Gasteiger partial charge in [-0.3, -0.25) is 9.59 Å². The van der Waals surface area contributed by atoms with Crippen molar-refractivity contribution in [3.63, 3.8) is 0 Å². The van der Waals surface area contributed by atoms with E-state index < -0.39 is 0 Å². The number of pyridine rings is 2. The van der Waals surface area contributed by atoms with Crippen molar-refractivity contribution >= 4 is 18.6 Å². The first-order chi connectivity index (χ1) is 13.4. The van der Waals surface area contributed by atoms with E-state index in [0.717, 1.165) is 39.5 Å². The molecule has 2 aromatic heterocycles. The van der Waals surface area contributed by atoms with Gasteiger partial charge in [-0.25, -0.2) is 4.98 Å². The van der Waals surface area contributed by atoms with Crippen molar-refractivity contribution in [1.29, 1.82) is 0 Å². The van der Waals surface area contributed by atoms with Crippen LogP contribution in [0, 0.1) is 0 Å². The summed E-state index contributed by atoms with van der Waals surface area (Å²) in [7, 11) is 0. The van der Waals surface area contributed by atoms with Gasteiger partial charge in [-0.1, -0.05) is 33.4 Å². The number of hydrogen-bond donors (Lipinski definition) is 0. The second-order valence-electron chi connectivity index (χ2n) is 7.74. The Balaban J connectivity index is 2.05. The summed E-state index contributed by atoms with van der Waals surface area (Å²) in [5.74, 6) is -0.304. The standard InChI is InChI=1S/C23H26N2O3/c1-6-12(4)20-13(5)18(8-3)24-21-16(20)10-25-19(21)9-15-14(7-2)23(27)28-11-17(15)22(25)26/h8-9,12,14H,5-7,10-11H2,1-4H3/b18-8+. The van der Waals surface area contributed by atoms with E-state index in [9.17, 15) is 9.59 Å². The second-order valence-corrected chi connectivity index (χ2v) is 7.74. The quantitative estimate of drug-likeness (QED) is 0.657. The van der Waals surface area contributed by atoms with E-state index in [1.165, 1.54) is 5.56 Å². The summed E-state index contributed by atoms with van der Waals surface area (Å²) in [6, 6.07) is 1.99. The van der Waals surface area contributed by atoms with Crippen LogP contribution >= 0.6 is 0 Å². The van der Waals surface area contributed by atoms with Gasteiger partial charge >= 0.3 is 5.97 Å². The molecule has 2 aromatic rings. The Bertz CT molecular complexity index is 1160. The van der Waals surface area contributed by atoms with Crippen molar-refractivity contribution in [2.75, 3.05) is 0 Å². The van der Waals surface area contributed by atoms with Crippen LogP contribution in [0.2, 0.25) is 0 Å². The van der Waals surface area contributed by atoms with Crippen LogP contribution in [0.4, 0.5) is 0 Å². The van der Waals surface area contributed by atoms with Gasteiger partial charge in [0.05, 0.1) is 34.8 Å². The number of aromatic nitrogens is 2. The Morgan fingerprint density at radius 3 is 2.75 bits per heavy atom. The van der Waals surface area contributed by atoms with Crippen molar-refractivity contribution in [3.05, 3.63) is 49.2 Å². The lowest BCUT2D eigenvalue weighted by Gasteiger charge is -2.24. The summed E-state index contributed by atoms with van der Waals surface area (Å²) in [6.45, 7) is 13.1. The maximum Gasteiger partial charge on any atom is 0.313 e. The Morgan fingerprint density at radius 2 is 2.11 bits per heavy atom. The molecule has 0 saturated heterocycles. The lowest BCUT2D eigenvalue weighted by Crippen LogP contribution is -2.33. The molecule has 2 unspecified atom stereocenters. The molecule has 5 nitrogen and oxygen atoms in total. The van der Waals surface area contributed by atoms with Crippen LogP contribution in [-0.2, 0) is 22.7 Å². The van der Waals surface area contributed by atoms with Gasteiger partial charge in [0.1, 0.15) is 6.61 Å². The van der Waals surface area contributed by atoms with Crippen molar-refractivity contribution in [3.8, 4) is 11.4 Å². The van der Waals surface area contributed by atoms with Crippen molar-refractivity contribution in [2.24, 2.45) is 0 Å². The lowest BCUT2D eigenvalue weighted by atomic mass is 9.89. The number of esters is 1. The molecule has 0 spiro atoms. The predicted molar refractivity (Wildman–Crippen MR) is 109 cm³/mol. The molecule has 0 saturated carbocycles. The average Bonchev–Trinajstić information content (AvgIpc) is 3.05. The summed E-state index contributed by atoms with van der Waals surface area (Å²) in [4.78, 5) is 30.3. The molecule has 0 aliphatic carbocycles.